The number of carbonyl (C=O) groups is 3. The van der Waals surface area contributed by atoms with Gasteiger partial charge in [-0.15, -0.1) is 0 Å². The first-order valence-corrected chi connectivity index (χ1v) is 19.7. The van der Waals surface area contributed by atoms with Crippen molar-refractivity contribution in [3.05, 3.63) is 94.0 Å². The zero-order valence-corrected chi connectivity index (χ0v) is 37.2. The van der Waals surface area contributed by atoms with Gasteiger partial charge in [-0.05, 0) is 46.2 Å². The van der Waals surface area contributed by atoms with Crippen LogP contribution in [0.1, 0.15) is 72.9 Å². The average molecular weight is 839 g/mol. The molecule has 0 radical (unpaired) electrons. The number of aliphatic carboxylic acids is 1. The first-order chi connectivity index (χ1) is 28.8. The summed E-state index contributed by atoms with van der Waals surface area (Å²) in [7, 11) is 1.35. The van der Waals surface area contributed by atoms with E-state index in [0.29, 0.717) is 73.8 Å². The molecule has 3 fully saturated rings. The molecule has 0 saturated carbocycles. The van der Waals surface area contributed by atoms with Crippen LogP contribution in [0.2, 0.25) is 0 Å². The van der Waals surface area contributed by atoms with E-state index in [0.717, 1.165) is 51.3 Å². The summed E-state index contributed by atoms with van der Waals surface area (Å²) in [6, 6.07) is 24.9. The molecule has 4 aromatic rings. The maximum Gasteiger partial charge on any atom is 1.00 e. The number of nitrogen functional groups attached to an aromatic ring is 1. The zero-order valence-electron chi connectivity index (χ0n) is 35.2. The monoisotopic (exact) mass is 838 g/mol. The molecule has 312 valence electrons. The number of carboxylic acids is 1. The number of hydrogen-bond acceptors (Lipinski definition) is 13. The largest absolute Gasteiger partial charge is 1.00 e. The summed E-state index contributed by atoms with van der Waals surface area (Å²) in [5, 5.41) is 31.3. The number of methoxy groups -OCH3 is 1. The Morgan fingerprint density at radius 2 is 1.18 bits per heavy atom. The Labute approximate surface area is 377 Å². The van der Waals surface area contributed by atoms with Crippen LogP contribution in [0.3, 0.4) is 0 Å². The van der Waals surface area contributed by atoms with Crippen molar-refractivity contribution in [3.8, 4) is 45.9 Å². The first kappa shape index (κ1) is 46.6. The molecule has 0 aliphatic carbocycles. The molecule has 5 aliphatic rings. The number of nitrogens with two attached hydrogens (primary N) is 1. The van der Waals surface area contributed by atoms with E-state index in [4.69, 9.17) is 19.9 Å². The molecule has 3 N–H and O–H groups in total. The van der Waals surface area contributed by atoms with Crippen LogP contribution in [0.15, 0.2) is 60.7 Å². The van der Waals surface area contributed by atoms with Crippen LogP contribution in [0.4, 0.5) is 11.4 Å². The summed E-state index contributed by atoms with van der Waals surface area (Å²) >= 11 is 0. The Hall–Kier alpha value is -5.45. The number of carbonyl (C=O) groups excluding carboxylic acids is 3. The summed E-state index contributed by atoms with van der Waals surface area (Å²) < 4.78 is 29.8. The van der Waals surface area contributed by atoms with Crippen molar-refractivity contribution < 1.29 is 77.5 Å². The van der Waals surface area contributed by atoms with Crippen molar-refractivity contribution in [3.63, 3.8) is 0 Å². The minimum absolute atomic E-state index is 0. The molecule has 3 atom stereocenters. The van der Waals surface area contributed by atoms with Gasteiger partial charge in [-0.3, -0.25) is 4.79 Å². The van der Waals surface area contributed by atoms with Crippen molar-refractivity contribution >= 4 is 29.2 Å². The van der Waals surface area contributed by atoms with Crippen LogP contribution in [0.25, 0.3) is 22.3 Å². The van der Waals surface area contributed by atoms with Gasteiger partial charge in [-0.2, -0.15) is 10.5 Å². The third-order valence-corrected chi connectivity index (χ3v) is 10.3. The van der Waals surface area contributed by atoms with Crippen LogP contribution in [-0.2, 0) is 46.2 Å². The number of benzene rings is 4. The van der Waals surface area contributed by atoms with Gasteiger partial charge in [-0.1, -0.05) is 76.2 Å². The summed E-state index contributed by atoms with van der Waals surface area (Å²) in [5.41, 5.74) is 16.5. The second-order valence-electron chi connectivity index (χ2n) is 15.1. The fourth-order valence-electron chi connectivity index (χ4n) is 6.58. The molecule has 0 spiro atoms. The molecular weight excluding hydrogens is 792 g/mol. The number of epoxide rings is 3. The molecule has 15 heteroatoms. The number of ether oxygens (including phenoxy) is 6. The van der Waals surface area contributed by atoms with E-state index in [1.54, 1.807) is 0 Å². The summed E-state index contributed by atoms with van der Waals surface area (Å²) in [4.78, 5) is 31.9. The number of nitrogens with one attached hydrogen (secondary N) is 1. The van der Waals surface area contributed by atoms with Crippen molar-refractivity contribution in [1.29, 1.82) is 10.5 Å². The molecule has 1 amide bonds. The Morgan fingerprint density at radius 3 is 1.54 bits per heavy atom. The predicted octanol–water partition coefficient (Wildman–Crippen LogP) is 2.18. The third kappa shape index (κ3) is 11.7. The Morgan fingerprint density at radius 1 is 0.738 bits per heavy atom. The van der Waals surface area contributed by atoms with Crippen molar-refractivity contribution in [2.45, 2.75) is 70.7 Å². The number of hydrogen-bond donors (Lipinski definition) is 2. The maximum absolute atomic E-state index is 12.1. The minimum Gasteiger partial charge on any atom is -0.547 e. The summed E-state index contributed by atoms with van der Waals surface area (Å²) in [6.45, 7) is 11.1. The van der Waals surface area contributed by atoms with E-state index >= 15 is 0 Å². The van der Waals surface area contributed by atoms with Crippen LogP contribution in [0, 0.1) is 22.7 Å². The molecule has 5 heterocycles. The minimum atomic E-state index is -1.10. The van der Waals surface area contributed by atoms with Crippen molar-refractivity contribution in [2.75, 3.05) is 51.2 Å². The normalized spacial score (nSPS) is 17.8. The number of nitriles is 2. The average Bonchev–Trinajstić information content (AvgIpc) is 4.16. The number of amides is 1. The van der Waals surface area contributed by atoms with Gasteiger partial charge in [0, 0.05) is 35.1 Å². The molecule has 0 aromatic heterocycles. The first-order valence-electron chi connectivity index (χ1n) is 19.7. The van der Waals surface area contributed by atoms with Crippen LogP contribution >= 0.6 is 0 Å². The van der Waals surface area contributed by atoms with Crippen LogP contribution in [-0.4, -0.2) is 76.3 Å². The van der Waals surface area contributed by atoms with Gasteiger partial charge in [0.25, 0.3) is 5.91 Å². The smallest absolute Gasteiger partial charge is 0.547 e. The second kappa shape index (κ2) is 20.9. The van der Waals surface area contributed by atoms with Gasteiger partial charge in [0.05, 0.1) is 68.6 Å². The number of fused-ring (bicyclic) bond motifs is 2. The molecule has 14 nitrogen and oxygen atoms in total. The molecule has 4 aromatic carbocycles. The van der Waals surface area contributed by atoms with E-state index in [2.05, 4.69) is 108 Å². The van der Waals surface area contributed by atoms with Gasteiger partial charge >= 0.3 is 35.5 Å². The van der Waals surface area contributed by atoms with Crippen LogP contribution in [0.5, 0.6) is 11.5 Å². The quantitative estimate of drug-likeness (QED) is 0.113. The Bertz CT molecular complexity index is 2320. The molecule has 5 aliphatic heterocycles. The molecular formula is C46H47N4NaO10. The van der Waals surface area contributed by atoms with Gasteiger partial charge in [0.15, 0.2) is 12.2 Å². The Balaban J connectivity index is 0.000000178. The van der Waals surface area contributed by atoms with Crippen molar-refractivity contribution in [2.24, 2.45) is 0 Å². The number of nitrogens with zero attached hydrogens (tertiary/aromatic N) is 2. The van der Waals surface area contributed by atoms with Gasteiger partial charge in [0.1, 0.15) is 29.7 Å². The van der Waals surface area contributed by atoms with E-state index in [1.165, 1.54) is 18.2 Å². The van der Waals surface area contributed by atoms with E-state index in [-0.39, 0.29) is 47.5 Å². The van der Waals surface area contributed by atoms with E-state index in [9.17, 15) is 30.0 Å². The fraction of sp³-hybridized carbons (Fsp3) is 0.370. The number of esters is 1. The van der Waals surface area contributed by atoms with Gasteiger partial charge < -0.3 is 49.4 Å². The second-order valence-corrected chi connectivity index (χ2v) is 15.1. The number of carboxylic acid groups (broad SMARTS) is 1. The zero-order chi connectivity index (χ0) is 43.1. The molecule has 3 saturated heterocycles. The fourth-order valence-corrected chi connectivity index (χ4v) is 6.58. The maximum atomic E-state index is 12.1. The van der Waals surface area contributed by atoms with Crippen molar-refractivity contribution in [1.82, 2.24) is 0 Å². The van der Waals surface area contributed by atoms with E-state index in [1.807, 2.05) is 12.1 Å². The third-order valence-electron chi connectivity index (χ3n) is 10.3. The topological polar surface area (TPSA) is 225 Å². The summed E-state index contributed by atoms with van der Waals surface area (Å²) in [5.74, 6) is 0.960. The Kier molecular flexibility index (Phi) is 16.0. The summed E-state index contributed by atoms with van der Waals surface area (Å²) in [6.07, 6.45) is 0.175. The predicted molar refractivity (Wildman–Crippen MR) is 219 cm³/mol. The standard InChI is InChI=1S/C21H20N2O3.C18H18N2O.C4H6O3.C3H4O3.Na/c1-12(2)13-3-5-14(6-4-13)16-9-18(23-21(24)19-11-26-19)17(10-22)15-7-8-25-20(15)16;1-11(2)12-3-5-13(6-4-12)15-9-17(20)16(10-19)14-7-8-21-18(14)15;1-6-4(5)3-2-7-3;4-3(5)2-1-6-2;/h3-6,9,12,19H,7-8,11H2,1-2H3,(H,23,24);3-6,9,11H,7-8,20H2,1-2H3;3H,2H2,1H3;2H,1H2,(H,4,5);/q;;;;+1/p-1/t19-;;3-;2-;/m1.11./s1. The molecule has 0 bridgehead atoms. The number of anilines is 2. The molecule has 9 rings (SSSR count). The van der Waals surface area contributed by atoms with Crippen LogP contribution < -0.4 is 55.2 Å². The van der Waals surface area contributed by atoms with Gasteiger partial charge in [-0.25, -0.2) is 4.79 Å². The SMILES string of the molecule is CC(C)c1ccc(-c2cc(N)c(C#N)c3c2OCC3)cc1.CC(C)c1ccc(-c2cc(NC(=O)[C@H]3CO3)c(C#N)c3c2OCC3)cc1.COC(=O)[C@H]1CO1.O=C([O-])[C@H]1CO1.[Na+]. The van der Waals surface area contributed by atoms with E-state index < -0.39 is 18.2 Å². The molecule has 61 heavy (non-hydrogen) atoms. The van der Waals surface area contributed by atoms with Gasteiger partial charge in [0.2, 0.25) is 0 Å². The molecule has 0 unspecified atom stereocenters. The number of rotatable bonds is 8.